The number of rotatable bonds is 2. The van der Waals surface area contributed by atoms with Crippen LogP contribution in [0.25, 0.3) is 10.9 Å². The fourth-order valence-electron chi connectivity index (χ4n) is 5.49. The average molecular weight is 445 g/mol. The van der Waals surface area contributed by atoms with Gasteiger partial charge in [0.1, 0.15) is 23.6 Å². The summed E-state index contributed by atoms with van der Waals surface area (Å²) >= 11 is 0. The molecule has 3 aromatic rings. The Morgan fingerprint density at radius 2 is 1.76 bits per heavy atom. The first-order valence-corrected chi connectivity index (χ1v) is 11.0. The fourth-order valence-corrected chi connectivity index (χ4v) is 5.49. The second-order valence-corrected chi connectivity index (χ2v) is 9.05. The lowest BCUT2D eigenvalue weighted by atomic mass is 9.85. The molecule has 5 atom stereocenters. The van der Waals surface area contributed by atoms with Crippen molar-refractivity contribution < 1.29 is 14.7 Å². The largest absolute Gasteiger partial charge is 0.381 e. The van der Waals surface area contributed by atoms with Gasteiger partial charge in [0.15, 0.2) is 0 Å². The van der Waals surface area contributed by atoms with Crippen molar-refractivity contribution in [2.75, 3.05) is 4.90 Å². The molecule has 6 rings (SSSR count). The SMILES string of the molecule is C[C@@H]1N[C@H]2N(C1=O)c1ccccc1[C@@]2(O)CC1C(=O)N[C@@H](C)c2nc3ccccc3c(=O)n21. The van der Waals surface area contributed by atoms with E-state index < -0.39 is 29.9 Å². The second kappa shape index (κ2) is 6.72. The standard InChI is InChI=1S/C24H23N5O4/c1-12-19-27-16-9-5-3-7-14(16)22(32)28(19)18(20(30)25-12)11-24(33)15-8-4-6-10-17(15)29-21(31)13(2)26-23(24)29/h3-10,12-13,18,23,26,33H,11H2,1-2H3,(H,25,30)/t12-,13-,18?,23-,24-/m0/s1. The summed E-state index contributed by atoms with van der Waals surface area (Å²) in [6.45, 7) is 3.52. The maximum atomic E-state index is 13.5. The van der Waals surface area contributed by atoms with Gasteiger partial charge in [-0.15, -0.1) is 0 Å². The summed E-state index contributed by atoms with van der Waals surface area (Å²) in [5.41, 5.74) is -0.179. The number of fused-ring (bicyclic) bond motifs is 5. The molecule has 1 saturated heterocycles. The van der Waals surface area contributed by atoms with E-state index in [9.17, 15) is 19.5 Å². The van der Waals surface area contributed by atoms with Crippen LogP contribution in [0.5, 0.6) is 0 Å². The van der Waals surface area contributed by atoms with E-state index in [2.05, 4.69) is 15.6 Å². The monoisotopic (exact) mass is 445 g/mol. The van der Waals surface area contributed by atoms with Gasteiger partial charge in [0, 0.05) is 12.0 Å². The van der Waals surface area contributed by atoms with Crippen LogP contribution in [0, 0.1) is 0 Å². The van der Waals surface area contributed by atoms with Crippen LogP contribution in [0.3, 0.4) is 0 Å². The first-order chi connectivity index (χ1) is 15.8. The van der Waals surface area contributed by atoms with Crippen LogP contribution in [-0.4, -0.2) is 38.7 Å². The van der Waals surface area contributed by atoms with Crippen LogP contribution in [0.15, 0.2) is 53.3 Å². The molecule has 0 aliphatic carbocycles. The van der Waals surface area contributed by atoms with Gasteiger partial charge in [0.2, 0.25) is 11.8 Å². The lowest BCUT2D eigenvalue weighted by molar-refractivity contribution is -0.129. The Morgan fingerprint density at radius 1 is 1.03 bits per heavy atom. The van der Waals surface area contributed by atoms with Gasteiger partial charge >= 0.3 is 0 Å². The maximum Gasteiger partial charge on any atom is 0.262 e. The summed E-state index contributed by atoms with van der Waals surface area (Å²) in [4.78, 5) is 45.8. The molecule has 4 heterocycles. The van der Waals surface area contributed by atoms with Crippen molar-refractivity contribution in [1.29, 1.82) is 0 Å². The number of para-hydroxylation sites is 2. The van der Waals surface area contributed by atoms with Gasteiger partial charge in [0.25, 0.3) is 5.56 Å². The minimum atomic E-state index is -1.58. The zero-order valence-electron chi connectivity index (χ0n) is 18.1. The van der Waals surface area contributed by atoms with Crippen molar-refractivity contribution in [1.82, 2.24) is 20.2 Å². The van der Waals surface area contributed by atoms with Crippen molar-refractivity contribution >= 4 is 28.4 Å². The summed E-state index contributed by atoms with van der Waals surface area (Å²) in [6, 6.07) is 12.2. The Kier molecular flexibility index (Phi) is 4.09. The maximum absolute atomic E-state index is 13.5. The van der Waals surface area contributed by atoms with Crippen molar-refractivity contribution in [3.63, 3.8) is 0 Å². The zero-order chi connectivity index (χ0) is 23.1. The minimum absolute atomic E-state index is 0.0936. The quantitative estimate of drug-likeness (QED) is 0.543. The van der Waals surface area contributed by atoms with Gasteiger partial charge in [-0.3, -0.25) is 29.2 Å². The molecule has 1 fully saturated rings. The Labute approximate surface area is 189 Å². The van der Waals surface area contributed by atoms with Crippen molar-refractivity contribution in [3.05, 3.63) is 70.3 Å². The molecule has 168 valence electrons. The normalized spacial score (nSPS) is 30.2. The van der Waals surface area contributed by atoms with E-state index in [1.165, 1.54) is 4.57 Å². The molecule has 0 bridgehead atoms. The first kappa shape index (κ1) is 20.1. The van der Waals surface area contributed by atoms with E-state index >= 15 is 0 Å². The number of aliphatic hydroxyl groups is 1. The van der Waals surface area contributed by atoms with Gasteiger partial charge in [-0.25, -0.2) is 4.98 Å². The van der Waals surface area contributed by atoms with Crippen LogP contribution < -0.4 is 21.1 Å². The van der Waals surface area contributed by atoms with Crippen molar-refractivity contribution in [3.8, 4) is 0 Å². The molecule has 33 heavy (non-hydrogen) atoms. The van der Waals surface area contributed by atoms with Gasteiger partial charge < -0.3 is 10.4 Å². The number of carbonyl (C=O) groups is 2. The number of nitrogens with zero attached hydrogens (tertiary/aromatic N) is 3. The molecule has 3 N–H and O–H groups in total. The molecule has 2 aromatic carbocycles. The fraction of sp³-hybridized carbons (Fsp3) is 0.333. The number of aromatic nitrogens is 2. The summed E-state index contributed by atoms with van der Waals surface area (Å²) < 4.78 is 1.41. The number of nitrogens with one attached hydrogen (secondary N) is 2. The topological polar surface area (TPSA) is 117 Å². The third-order valence-corrected chi connectivity index (χ3v) is 7.06. The van der Waals surface area contributed by atoms with Crippen molar-refractivity contribution in [2.45, 2.75) is 50.2 Å². The Balaban J connectivity index is 1.52. The molecule has 1 unspecified atom stereocenters. The molecule has 3 aliphatic heterocycles. The highest BCUT2D eigenvalue weighted by Gasteiger charge is 2.58. The Bertz CT molecular complexity index is 1400. The summed E-state index contributed by atoms with van der Waals surface area (Å²) in [5.74, 6) is -0.0647. The third-order valence-electron chi connectivity index (χ3n) is 7.06. The molecule has 2 amide bonds. The molecule has 0 spiro atoms. The van der Waals surface area contributed by atoms with E-state index in [4.69, 9.17) is 0 Å². The zero-order valence-corrected chi connectivity index (χ0v) is 18.1. The minimum Gasteiger partial charge on any atom is -0.381 e. The molecular formula is C24H23N5O4. The molecule has 0 saturated carbocycles. The molecule has 9 heteroatoms. The summed E-state index contributed by atoms with van der Waals surface area (Å²) in [5, 5.41) is 18.5. The van der Waals surface area contributed by atoms with Crippen LogP contribution in [0.4, 0.5) is 5.69 Å². The average Bonchev–Trinajstić information content (AvgIpc) is 3.23. The second-order valence-electron chi connectivity index (χ2n) is 9.05. The van der Waals surface area contributed by atoms with E-state index in [-0.39, 0.29) is 23.8 Å². The van der Waals surface area contributed by atoms with Gasteiger partial charge in [-0.05, 0) is 32.0 Å². The van der Waals surface area contributed by atoms with Crippen molar-refractivity contribution in [2.24, 2.45) is 0 Å². The molecular weight excluding hydrogens is 422 g/mol. The number of carbonyl (C=O) groups excluding carboxylic acids is 2. The predicted octanol–water partition coefficient (Wildman–Crippen LogP) is 1.07. The highest BCUT2D eigenvalue weighted by Crippen LogP contribution is 2.49. The summed E-state index contributed by atoms with van der Waals surface area (Å²) in [6.07, 6.45) is -0.832. The Morgan fingerprint density at radius 3 is 2.58 bits per heavy atom. The number of anilines is 1. The van der Waals surface area contributed by atoms with Gasteiger partial charge in [-0.1, -0.05) is 30.3 Å². The van der Waals surface area contributed by atoms with Gasteiger partial charge in [-0.2, -0.15) is 0 Å². The number of hydrogen-bond acceptors (Lipinski definition) is 6. The molecule has 0 radical (unpaired) electrons. The highest BCUT2D eigenvalue weighted by atomic mass is 16.3. The van der Waals surface area contributed by atoms with Crippen LogP contribution in [0.2, 0.25) is 0 Å². The number of benzene rings is 2. The molecule has 3 aliphatic rings. The van der Waals surface area contributed by atoms with E-state index in [1.807, 2.05) is 12.1 Å². The van der Waals surface area contributed by atoms with Crippen LogP contribution in [0.1, 0.15) is 43.7 Å². The Hall–Kier alpha value is -3.56. The lowest BCUT2D eigenvalue weighted by Crippen LogP contribution is -2.54. The smallest absolute Gasteiger partial charge is 0.262 e. The van der Waals surface area contributed by atoms with Gasteiger partial charge in [0.05, 0.1) is 28.7 Å². The van der Waals surface area contributed by atoms with Crippen LogP contribution in [-0.2, 0) is 15.2 Å². The first-order valence-electron chi connectivity index (χ1n) is 11.0. The summed E-state index contributed by atoms with van der Waals surface area (Å²) in [7, 11) is 0. The third kappa shape index (κ3) is 2.60. The highest BCUT2D eigenvalue weighted by molar-refractivity contribution is 6.02. The lowest BCUT2D eigenvalue weighted by Gasteiger charge is -2.37. The molecule has 9 nitrogen and oxygen atoms in total. The van der Waals surface area contributed by atoms with Crippen LogP contribution >= 0.6 is 0 Å². The number of amides is 2. The van der Waals surface area contributed by atoms with E-state index in [1.54, 1.807) is 55.1 Å². The van der Waals surface area contributed by atoms with E-state index in [0.29, 0.717) is 28.0 Å². The van der Waals surface area contributed by atoms with E-state index in [0.717, 1.165) is 0 Å². The predicted molar refractivity (Wildman–Crippen MR) is 120 cm³/mol. The number of hydrogen-bond donors (Lipinski definition) is 3. The molecule has 1 aromatic heterocycles.